The first-order valence-corrected chi connectivity index (χ1v) is 39.8. The summed E-state index contributed by atoms with van der Waals surface area (Å²) in [7, 11) is 0. The molecule has 0 aliphatic rings. The maximum atomic E-state index is 14.6. The molecule has 1 amide bonds. The lowest BCUT2D eigenvalue weighted by Crippen LogP contribution is -2.45. The molecular weight excluding hydrogens is 1210 g/mol. The Morgan fingerprint density at radius 2 is 0.660 bits per heavy atom. The average Bonchev–Trinajstić information content (AvgIpc) is 0.763. The molecule has 0 radical (unpaired) electrons. The molecule has 97 heavy (non-hydrogen) atoms. The van der Waals surface area contributed by atoms with E-state index in [2.05, 4.69) is 107 Å². The van der Waals surface area contributed by atoms with Gasteiger partial charge in [0.1, 0.15) is 17.8 Å². The Morgan fingerprint density at radius 3 is 1.06 bits per heavy atom. The quantitative estimate of drug-likeness (QED) is 0.0302. The van der Waals surface area contributed by atoms with E-state index < -0.39 is 11.7 Å². The van der Waals surface area contributed by atoms with Gasteiger partial charge in [-0.05, 0) is 100 Å². The van der Waals surface area contributed by atoms with Crippen molar-refractivity contribution in [3.63, 3.8) is 0 Å². The molecule has 3 aromatic rings. The summed E-state index contributed by atoms with van der Waals surface area (Å²) in [6, 6.07) is 31.1. The van der Waals surface area contributed by atoms with Gasteiger partial charge in [0.2, 0.25) is 0 Å². The van der Waals surface area contributed by atoms with Crippen LogP contribution in [0.2, 0.25) is 0 Å². The van der Waals surface area contributed by atoms with Crippen molar-refractivity contribution >= 4 is 17.8 Å². The van der Waals surface area contributed by atoms with E-state index in [-0.39, 0.29) is 36.7 Å². The molecule has 0 bridgehead atoms. The van der Waals surface area contributed by atoms with Crippen LogP contribution in [0.25, 0.3) is 0 Å². The molecule has 0 N–H and O–H groups in total. The number of ether oxygens (including phenoxy) is 9. The van der Waals surface area contributed by atoms with Crippen LogP contribution < -0.4 is 0 Å². The fourth-order valence-corrected chi connectivity index (χ4v) is 12.7. The third kappa shape index (κ3) is 43.9. The van der Waals surface area contributed by atoms with E-state index in [4.69, 9.17) is 42.6 Å². The minimum Gasteiger partial charge on any atom is -0.462 e. The van der Waals surface area contributed by atoms with Crippen LogP contribution in [0.1, 0.15) is 308 Å². The van der Waals surface area contributed by atoms with Crippen LogP contribution in [0.15, 0.2) is 91.0 Å². The summed E-state index contributed by atoms with van der Waals surface area (Å²) in [5.74, 6) is -0.261. The third-order valence-electron chi connectivity index (χ3n) is 18.5. The number of nitrogens with zero attached hydrogens (tertiary/aromatic N) is 1. The number of amides is 1. The van der Waals surface area contributed by atoms with Gasteiger partial charge in [-0.2, -0.15) is 0 Å². The molecule has 3 rings (SSSR count). The second kappa shape index (κ2) is 62.8. The van der Waals surface area contributed by atoms with Gasteiger partial charge < -0.3 is 47.5 Å². The van der Waals surface area contributed by atoms with Gasteiger partial charge in [0.15, 0.2) is 6.10 Å². The first-order valence-electron chi connectivity index (χ1n) is 39.8. The molecule has 0 aliphatic heterocycles. The molecule has 0 saturated heterocycles. The summed E-state index contributed by atoms with van der Waals surface area (Å²) in [5.41, 5.74) is 2.37. The van der Waals surface area contributed by atoms with Gasteiger partial charge in [0.05, 0.1) is 66.1 Å². The molecule has 2 atom stereocenters. The van der Waals surface area contributed by atoms with Crippen LogP contribution >= 0.6 is 0 Å². The van der Waals surface area contributed by atoms with E-state index in [0.29, 0.717) is 98.6 Å². The second-order valence-electron chi connectivity index (χ2n) is 27.0. The van der Waals surface area contributed by atoms with Gasteiger partial charge in [0, 0.05) is 39.1 Å². The average molecular weight is 1360 g/mol. The standard InChI is InChI=1S/C84H141NO12/c1-6-11-16-21-25-41-56-78(55-40-20-15-10-5)96-81(86)59-44-32-47-63-93-74-80(94-64-48-33-45-60-82(87)97-79(57-42-26-22-17-12-7-2)58-43-27-23-18-13-8-3)83(88)85(61-46-28-24-19-14-9-4)62-65-89-66-67-90-68-69-91-70-71-92-72-73-95-84(75-49-34-29-35-50-75,76-51-36-30-37-52-76)77-53-38-31-39-54-77/h29-31,34-39,49-54,78-80H,6-28,32-33,40-48,55-74H2,1-5H3. The van der Waals surface area contributed by atoms with Gasteiger partial charge in [-0.25, -0.2) is 0 Å². The lowest BCUT2D eigenvalue weighted by molar-refractivity contribution is -0.151. The molecule has 0 aliphatic carbocycles. The van der Waals surface area contributed by atoms with Crippen LogP contribution in [0.4, 0.5) is 0 Å². The molecule has 0 spiro atoms. The highest BCUT2D eigenvalue weighted by Gasteiger charge is 2.37. The topological polar surface area (TPSA) is 138 Å². The Labute approximate surface area is 592 Å². The minimum absolute atomic E-state index is 0.00737. The van der Waals surface area contributed by atoms with Gasteiger partial charge in [-0.1, -0.05) is 286 Å². The number of carbonyl (C=O) groups is 3. The second-order valence-corrected chi connectivity index (χ2v) is 27.0. The van der Waals surface area contributed by atoms with E-state index >= 15 is 0 Å². The zero-order chi connectivity index (χ0) is 69.4. The predicted octanol–water partition coefficient (Wildman–Crippen LogP) is 20.8. The fraction of sp³-hybridized carbons (Fsp3) is 0.750. The lowest BCUT2D eigenvalue weighted by Gasteiger charge is -2.36. The van der Waals surface area contributed by atoms with Crippen molar-refractivity contribution in [2.45, 2.75) is 315 Å². The minimum atomic E-state index is -0.790. The highest BCUT2D eigenvalue weighted by molar-refractivity contribution is 5.81. The number of unbranched alkanes of at least 4 members (excludes halogenated alkanes) is 27. The number of rotatable bonds is 70. The lowest BCUT2D eigenvalue weighted by atomic mass is 9.80. The summed E-state index contributed by atoms with van der Waals surface area (Å²) in [6.07, 6.45) is 42.1. The molecular formula is C84H141NO12. The molecule has 0 aromatic heterocycles. The van der Waals surface area contributed by atoms with Gasteiger partial charge in [-0.15, -0.1) is 0 Å². The number of benzene rings is 3. The van der Waals surface area contributed by atoms with E-state index in [9.17, 15) is 14.4 Å². The molecule has 554 valence electrons. The van der Waals surface area contributed by atoms with Crippen molar-refractivity contribution in [3.05, 3.63) is 108 Å². The van der Waals surface area contributed by atoms with E-state index in [0.717, 1.165) is 126 Å². The normalized spacial score (nSPS) is 12.4. The van der Waals surface area contributed by atoms with Crippen LogP contribution in [0.3, 0.4) is 0 Å². The van der Waals surface area contributed by atoms with Gasteiger partial charge >= 0.3 is 11.9 Å². The van der Waals surface area contributed by atoms with Crippen LogP contribution in [-0.2, 0) is 62.6 Å². The maximum absolute atomic E-state index is 14.6. The first-order chi connectivity index (χ1) is 47.8. The van der Waals surface area contributed by atoms with E-state index in [1.807, 2.05) is 23.1 Å². The Morgan fingerprint density at radius 1 is 0.330 bits per heavy atom. The number of hydrogen-bond acceptors (Lipinski definition) is 12. The van der Waals surface area contributed by atoms with Crippen LogP contribution in [0, 0.1) is 0 Å². The summed E-state index contributed by atoms with van der Waals surface area (Å²) in [6.45, 7) is 17.0. The highest BCUT2D eigenvalue weighted by atomic mass is 16.6. The Kier molecular flexibility index (Phi) is 56.3. The summed E-state index contributed by atoms with van der Waals surface area (Å²) < 4.78 is 55.6. The number of carbonyl (C=O) groups excluding carboxylic acids is 3. The molecule has 2 unspecified atom stereocenters. The van der Waals surface area contributed by atoms with Crippen LogP contribution in [-0.4, -0.2) is 133 Å². The molecule has 0 fully saturated rings. The third-order valence-corrected chi connectivity index (χ3v) is 18.5. The Hall–Kier alpha value is -4.21. The molecule has 13 nitrogen and oxygen atoms in total. The van der Waals surface area contributed by atoms with E-state index in [1.165, 1.54) is 135 Å². The van der Waals surface area contributed by atoms with Crippen molar-refractivity contribution in [2.75, 3.05) is 92.4 Å². The Balaban J connectivity index is 1.51. The summed E-state index contributed by atoms with van der Waals surface area (Å²) in [5, 5.41) is 0. The number of esters is 2. The molecule has 3 aromatic carbocycles. The van der Waals surface area contributed by atoms with Gasteiger partial charge in [-0.3, -0.25) is 14.4 Å². The maximum Gasteiger partial charge on any atom is 0.306 e. The van der Waals surface area contributed by atoms with Crippen molar-refractivity contribution in [2.24, 2.45) is 0 Å². The molecule has 0 heterocycles. The zero-order valence-corrected chi connectivity index (χ0v) is 62.4. The van der Waals surface area contributed by atoms with Crippen molar-refractivity contribution in [1.82, 2.24) is 4.90 Å². The highest BCUT2D eigenvalue weighted by Crippen LogP contribution is 2.40. The number of hydrogen-bond donors (Lipinski definition) is 0. The molecule has 13 heteroatoms. The largest absolute Gasteiger partial charge is 0.462 e. The predicted molar refractivity (Wildman–Crippen MR) is 398 cm³/mol. The van der Waals surface area contributed by atoms with Crippen molar-refractivity contribution < 1.29 is 57.0 Å². The summed E-state index contributed by atoms with van der Waals surface area (Å²) in [4.78, 5) is 42.9. The summed E-state index contributed by atoms with van der Waals surface area (Å²) >= 11 is 0. The van der Waals surface area contributed by atoms with Crippen molar-refractivity contribution in [3.8, 4) is 0 Å². The zero-order valence-electron chi connectivity index (χ0n) is 62.4. The van der Waals surface area contributed by atoms with E-state index in [1.54, 1.807) is 0 Å². The smallest absolute Gasteiger partial charge is 0.306 e. The first kappa shape index (κ1) is 87.0. The van der Waals surface area contributed by atoms with Crippen LogP contribution in [0.5, 0.6) is 0 Å². The Bertz CT molecular complexity index is 2110. The fourth-order valence-electron chi connectivity index (χ4n) is 12.7. The molecule has 0 saturated carbocycles. The monoisotopic (exact) mass is 1360 g/mol. The van der Waals surface area contributed by atoms with Gasteiger partial charge in [0.25, 0.3) is 5.91 Å². The SMILES string of the molecule is CCCCCCCCC(CCCCCC)OC(=O)CCCCCOCC(OCCCCCC(=O)OC(CCCCCCCC)CCCCCCCC)C(=O)N(CCCCCCCC)CCOCCOCCOCCOCCOC(c1ccccc1)(c1ccccc1)c1ccccc1. The van der Waals surface area contributed by atoms with Crippen molar-refractivity contribution in [1.29, 1.82) is 0 Å².